The predicted octanol–water partition coefficient (Wildman–Crippen LogP) is 2.10. The average molecular weight is 285 g/mol. The van der Waals surface area contributed by atoms with Crippen molar-refractivity contribution in [2.24, 2.45) is 0 Å². The molecule has 6 nitrogen and oxygen atoms in total. The van der Waals surface area contributed by atoms with Gasteiger partial charge in [-0.25, -0.2) is 0 Å². The first-order valence-electron chi connectivity index (χ1n) is 5.69. The molecule has 0 aliphatic heterocycles. The molecule has 1 rings (SSSR count). The van der Waals surface area contributed by atoms with Gasteiger partial charge in [-0.05, 0) is 12.5 Å². The summed E-state index contributed by atoms with van der Waals surface area (Å²) in [6.07, 6.45) is 0. The highest BCUT2D eigenvalue weighted by molar-refractivity contribution is 7.81. The fraction of sp³-hybridized carbons (Fsp3) is 0.417. The standard InChI is InChI=1S/C12H15NO5S/c1-2-17-6-9-4-3-5-11(13(15)16)10(9)7-18-12(14)8-19/h3-5,19H,2,6-8H2,1H3. The van der Waals surface area contributed by atoms with Crippen LogP contribution in [-0.4, -0.2) is 23.3 Å². The number of benzene rings is 1. The summed E-state index contributed by atoms with van der Waals surface area (Å²) in [6.45, 7) is 2.42. The van der Waals surface area contributed by atoms with Crippen molar-refractivity contribution in [3.63, 3.8) is 0 Å². The predicted molar refractivity (Wildman–Crippen MR) is 72.1 cm³/mol. The van der Waals surface area contributed by atoms with Crippen LogP contribution in [0.2, 0.25) is 0 Å². The van der Waals surface area contributed by atoms with Gasteiger partial charge in [-0.3, -0.25) is 14.9 Å². The second-order valence-electron chi connectivity index (χ2n) is 3.63. The monoisotopic (exact) mass is 285 g/mol. The zero-order valence-electron chi connectivity index (χ0n) is 10.5. The van der Waals surface area contributed by atoms with Crippen LogP contribution in [0.1, 0.15) is 18.1 Å². The molecule has 104 valence electrons. The highest BCUT2D eigenvalue weighted by atomic mass is 32.1. The number of rotatable bonds is 7. The largest absolute Gasteiger partial charge is 0.460 e. The van der Waals surface area contributed by atoms with Gasteiger partial charge < -0.3 is 9.47 Å². The van der Waals surface area contributed by atoms with Crippen molar-refractivity contribution in [1.29, 1.82) is 0 Å². The Morgan fingerprint density at radius 3 is 2.74 bits per heavy atom. The minimum absolute atomic E-state index is 0.0680. The third-order valence-corrected chi connectivity index (χ3v) is 2.67. The van der Waals surface area contributed by atoms with E-state index in [1.165, 1.54) is 6.07 Å². The van der Waals surface area contributed by atoms with E-state index in [1.807, 2.05) is 6.92 Å². The van der Waals surface area contributed by atoms with E-state index >= 15 is 0 Å². The lowest BCUT2D eigenvalue weighted by Crippen LogP contribution is -2.09. The lowest BCUT2D eigenvalue weighted by molar-refractivity contribution is -0.386. The molecule has 0 saturated heterocycles. The summed E-state index contributed by atoms with van der Waals surface area (Å²) < 4.78 is 10.2. The van der Waals surface area contributed by atoms with Crippen LogP contribution >= 0.6 is 12.6 Å². The lowest BCUT2D eigenvalue weighted by atomic mass is 10.1. The molecular weight excluding hydrogens is 270 g/mol. The maximum atomic E-state index is 11.1. The third kappa shape index (κ3) is 4.53. The number of esters is 1. The molecule has 19 heavy (non-hydrogen) atoms. The molecule has 0 bridgehead atoms. The van der Waals surface area contributed by atoms with Gasteiger partial charge >= 0.3 is 5.97 Å². The van der Waals surface area contributed by atoms with Crippen LogP contribution in [0.5, 0.6) is 0 Å². The van der Waals surface area contributed by atoms with Gasteiger partial charge in [-0.2, -0.15) is 12.6 Å². The van der Waals surface area contributed by atoms with E-state index < -0.39 is 10.9 Å². The van der Waals surface area contributed by atoms with Crippen molar-refractivity contribution in [3.8, 4) is 0 Å². The normalized spacial score (nSPS) is 10.2. The van der Waals surface area contributed by atoms with Crippen LogP contribution in [-0.2, 0) is 27.5 Å². The van der Waals surface area contributed by atoms with E-state index in [1.54, 1.807) is 12.1 Å². The van der Waals surface area contributed by atoms with Crippen LogP contribution in [0.3, 0.4) is 0 Å². The van der Waals surface area contributed by atoms with Gasteiger partial charge in [0.1, 0.15) is 6.61 Å². The Labute approximate surface area is 116 Å². The van der Waals surface area contributed by atoms with E-state index in [9.17, 15) is 14.9 Å². The van der Waals surface area contributed by atoms with Crippen LogP contribution in [0.15, 0.2) is 18.2 Å². The van der Waals surface area contributed by atoms with Gasteiger partial charge in [0.15, 0.2) is 0 Å². The molecule has 0 unspecified atom stereocenters. The zero-order chi connectivity index (χ0) is 14.3. The Balaban J connectivity index is 2.99. The number of ether oxygens (including phenoxy) is 2. The van der Waals surface area contributed by atoms with E-state index in [0.717, 1.165) is 0 Å². The van der Waals surface area contributed by atoms with Gasteiger partial charge in [0, 0.05) is 12.7 Å². The van der Waals surface area contributed by atoms with Crippen LogP contribution < -0.4 is 0 Å². The summed E-state index contributed by atoms with van der Waals surface area (Å²) in [5, 5.41) is 11.0. The van der Waals surface area contributed by atoms with Crippen molar-refractivity contribution in [3.05, 3.63) is 39.4 Å². The molecule has 0 aliphatic carbocycles. The van der Waals surface area contributed by atoms with E-state index in [-0.39, 0.29) is 24.7 Å². The van der Waals surface area contributed by atoms with Crippen LogP contribution in [0, 0.1) is 10.1 Å². The fourth-order valence-corrected chi connectivity index (χ4v) is 1.60. The van der Waals surface area contributed by atoms with Gasteiger partial charge in [0.25, 0.3) is 5.69 Å². The quantitative estimate of drug-likeness (QED) is 0.359. The molecule has 1 aromatic rings. The van der Waals surface area contributed by atoms with Crippen molar-refractivity contribution in [2.45, 2.75) is 20.1 Å². The SMILES string of the molecule is CCOCc1cccc([N+](=O)[O-])c1COC(=O)CS. The summed E-state index contributed by atoms with van der Waals surface area (Å²) in [7, 11) is 0. The molecule has 7 heteroatoms. The summed E-state index contributed by atoms with van der Waals surface area (Å²) in [6, 6.07) is 4.67. The van der Waals surface area contributed by atoms with Crippen molar-refractivity contribution < 1.29 is 19.2 Å². The Bertz CT molecular complexity index is 463. The highest BCUT2D eigenvalue weighted by Crippen LogP contribution is 2.24. The summed E-state index contributed by atoms with van der Waals surface area (Å²) in [4.78, 5) is 21.6. The number of carbonyl (C=O) groups is 1. The van der Waals surface area contributed by atoms with Gasteiger partial charge in [-0.15, -0.1) is 0 Å². The molecule has 0 radical (unpaired) electrons. The van der Waals surface area contributed by atoms with Crippen LogP contribution in [0.4, 0.5) is 5.69 Å². The number of thiol groups is 1. The fourth-order valence-electron chi connectivity index (χ4n) is 1.50. The molecule has 0 N–H and O–H groups in total. The molecular formula is C12H15NO5S. The lowest BCUT2D eigenvalue weighted by Gasteiger charge is -2.10. The number of hydrogen-bond acceptors (Lipinski definition) is 6. The molecule has 0 saturated carbocycles. The van der Waals surface area contributed by atoms with Crippen molar-refractivity contribution >= 4 is 24.3 Å². The number of nitrogens with zero attached hydrogens (tertiary/aromatic N) is 1. The van der Waals surface area contributed by atoms with Gasteiger partial charge in [0.2, 0.25) is 0 Å². The molecule has 1 aromatic carbocycles. The summed E-state index contributed by atoms with van der Waals surface area (Å²) >= 11 is 3.78. The molecule has 0 fully saturated rings. The van der Waals surface area contributed by atoms with E-state index in [2.05, 4.69) is 12.6 Å². The topological polar surface area (TPSA) is 78.7 Å². The maximum absolute atomic E-state index is 11.1. The molecule has 0 atom stereocenters. The maximum Gasteiger partial charge on any atom is 0.315 e. The number of carbonyl (C=O) groups excluding carboxylic acids is 1. The van der Waals surface area contributed by atoms with E-state index in [0.29, 0.717) is 17.7 Å². The smallest absolute Gasteiger partial charge is 0.315 e. The second-order valence-corrected chi connectivity index (χ2v) is 3.94. The van der Waals surface area contributed by atoms with Crippen LogP contribution in [0.25, 0.3) is 0 Å². The van der Waals surface area contributed by atoms with Gasteiger partial charge in [0.05, 0.1) is 22.8 Å². The molecule has 0 spiro atoms. The molecule has 0 amide bonds. The first kappa shape index (κ1) is 15.5. The summed E-state index contributed by atoms with van der Waals surface area (Å²) in [5.41, 5.74) is 0.920. The van der Waals surface area contributed by atoms with Gasteiger partial charge in [-0.1, -0.05) is 12.1 Å². The van der Waals surface area contributed by atoms with Crippen molar-refractivity contribution in [2.75, 3.05) is 12.4 Å². The molecule has 0 aliphatic rings. The van der Waals surface area contributed by atoms with E-state index in [4.69, 9.17) is 9.47 Å². The summed E-state index contributed by atoms with van der Waals surface area (Å²) in [5.74, 6) is -0.592. The number of nitro benzene ring substituents is 1. The second kappa shape index (κ2) is 7.75. The van der Waals surface area contributed by atoms with Crippen molar-refractivity contribution in [1.82, 2.24) is 0 Å². The Morgan fingerprint density at radius 1 is 1.42 bits per heavy atom. The average Bonchev–Trinajstić information content (AvgIpc) is 2.42. The molecule has 0 heterocycles. The number of hydrogen-bond donors (Lipinski definition) is 1. The Hall–Kier alpha value is -1.60. The Kier molecular flexibility index (Phi) is 6.31. The minimum atomic E-state index is -0.524. The highest BCUT2D eigenvalue weighted by Gasteiger charge is 2.18. The zero-order valence-corrected chi connectivity index (χ0v) is 11.4. The third-order valence-electron chi connectivity index (χ3n) is 2.41. The number of nitro groups is 1. The Morgan fingerprint density at radius 2 is 2.16 bits per heavy atom. The minimum Gasteiger partial charge on any atom is -0.460 e. The molecule has 0 aromatic heterocycles. The first-order valence-corrected chi connectivity index (χ1v) is 6.32. The first-order chi connectivity index (χ1) is 9.10.